The number of hydrogen-bond acceptors (Lipinski definition) is 13. The van der Waals surface area contributed by atoms with Gasteiger partial charge in [-0.25, -0.2) is 0 Å². The minimum absolute atomic E-state index is 0.194. The number of nitrogens with one attached hydrogen (secondary N) is 1. The highest BCUT2D eigenvalue weighted by molar-refractivity contribution is 5.76. The minimum Gasteiger partial charge on any atom is -0.394 e. The fourth-order valence-electron chi connectivity index (χ4n) is 15.2. The van der Waals surface area contributed by atoms with Gasteiger partial charge < -0.3 is 65.1 Å². The molecule has 1 amide bonds. The van der Waals surface area contributed by atoms with Crippen LogP contribution in [0.1, 0.15) is 444 Å². The average Bonchev–Trinajstić information content (AvgIpc) is 0.799. The molecule has 14 nitrogen and oxygen atoms in total. The zero-order chi connectivity index (χ0) is 71.5. The zero-order valence-corrected chi connectivity index (χ0v) is 65.0. The van der Waals surface area contributed by atoms with Gasteiger partial charge in [-0.2, -0.15) is 0 Å². The molecule has 12 atom stereocenters. The van der Waals surface area contributed by atoms with Crippen LogP contribution in [-0.4, -0.2) is 140 Å². The number of carbonyl (C=O) groups excluding carboxylic acids is 1. The number of rotatable bonds is 76. The topological polar surface area (TPSA) is 228 Å². The van der Waals surface area contributed by atoms with E-state index in [1.165, 1.54) is 366 Å². The van der Waals surface area contributed by atoms with Crippen LogP contribution in [-0.2, 0) is 23.7 Å². The molecule has 2 saturated heterocycles. The first-order chi connectivity index (χ1) is 48.6. The summed E-state index contributed by atoms with van der Waals surface area (Å²) in [7, 11) is 0. The molecule has 2 aliphatic heterocycles. The molecule has 2 rings (SSSR count). The third-order valence-electron chi connectivity index (χ3n) is 22.1. The minimum atomic E-state index is -1.78. The van der Waals surface area contributed by atoms with Crippen LogP contribution in [0.15, 0.2) is 0 Å². The summed E-state index contributed by atoms with van der Waals surface area (Å²) in [6.07, 6.45) is 71.8. The summed E-state index contributed by atoms with van der Waals surface area (Å²) in [6, 6.07) is -0.826. The molecule has 99 heavy (non-hydrogen) atoms. The Kier molecular flexibility index (Phi) is 66.5. The van der Waals surface area contributed by atoms with Crippen LogP contribution < -0.4 is 5.32 Å². The molecule has 0 aromatic rings. The first-order valence-corrected chi connectivity index (χ1v) is 43.8. The summed E-state index contributed by atoms with van der Waals surface area (Å²) in [4.78, 5) is 13.4. The Hall–Kier alpha value is -1.01. The van der Waals surface area contributed by atoms with Gasteiger partial charge in [0.05, 0.1) is 32.0 Å². The molecular formula is C85H167NO13. The van der Waals surface area contributed by atoms with Gasteiger partial charge in [-0.05, 0) is 12.8 Å². The summed E-state index contributed by atoms with van der Waals surface area (Å²) in [5.74, 6) is -0.194. The second-order valence-corrected chi connectivity index (χ2v) is 31.4. The number of aliphatic hydroxyl groups excluding tert-OH is 8. The fraction of sp³-hybridized carbons (Fsp3) is 0.988. The van der Waals surface area contributed by atoms with Crippen molar-refractivity contribution >= 4 is 5.91 Å². The number of amides is 1. The normalized spacial score (nSPS) is 21.8. The van der Waals surface area contributed by atoms with Crippen LogP contribution in [0.5, 0.6) is 0 Å². The molecule has 12 unspecified atom stereocenters. The van der Waals surface area contributed by atoms with E-state index in [1.54, 1.807) is 0 Å². The third kappa shape index (κ3) is 52.6. The van der Waals surface area contributed by atoms with E-state index in [1.807, 2.05) is 0 Å². The third-order valence-corrected chi connectivity index (χ3v) is 22.1. The molecule has 0 saturated carbocycles. The van der Waals surface area contributed by atoms with Crippen molar-refractivity contribution < 1.29 is 64.6 Å². The molecule has 2 heterocycles. The van der Waals surface area contributed by atoms with Gasteiger partial charge in [0, 0.05) is 6.42 Å². The monoisotopic (exact) mass is 1410 g/mol. The number of aliphatic hydroxyl groups is 8. The molecule has 590 valence electrons. The van der Waals surface area contributed by atoms with E-state index in [-0.39, 0.29) is 12.5 Å². The smallest absolute Gasteiger partial charge is 0.220 e. The molecule has 0 aromatic carbocycles. The lowest BCUT2D eigenvalue weighted by molar-refractivity contribution is -0.359. The van der Waals surface area contributed by atoms with Crippen molar-refractivity contribution in [1.82, 2.24) is 5.32 Å². The molecule has 0 bridgehead atoms. The van der Waals surface area contributed by atoms with Crippen molar-refractivity contribution in [3.05, 3.63) is 0 Å². The van der Waals surface area contributed by atoms with E-state index >= 15 is 0 Å². The lowest BCUT2D eigenvalue weighted by Crippen LogP contribution is -2.65. The summed E-state index contributed by atoms with van der Waals surface area (Å²) in [6.45, 7) is 2.96. The van der Waals surface area contributed by atoms with Gasteiger partial charge in [-0.15, -0.1) is 0 Å². The Labute approximate surface area is 610 Å². The molecule has 9 N–H and O–H groups in total. The predicted octanol–water partition coefficient (Wildman–Crippen LogP) is 20.6. The quantitative estimate of drug-likeness (QED) is 0.0259. The van der Waals surface area contributed by atoms with E-state index < -0.39 is 86.8 Å². The van der Waals surface area contributed by atoms with E-state index in [9.17, 15) is 45.6 Å². The van der Waals surface area contributed by atoms with Crippen LogP contribution in [0.4, 0.5) is 0 Å². The maximum absolute atomic E-state index is 13.4. The van der Waals surface area contributed by atoms with E-state index in [0.29, 0.717) is 12.8 Å². The lowest BCUT2D eigenvalue weighted by Gasteiger charge is -2.46. The van der Waals surface area contributed by atoms with Crippen molar-refractivity contribution in [3.8, 4) is 0 Å². The van der Waals surface area contributed by atoms with Crippen molar-refractivity contribution in [3.63, 3.8) is 0 Å². The first-order valence-electron chi connectivity index (χ1n) is 43.8. The Morgan fingerprint density at radius 2 is 0.576 bits per heavy atom. The van der Waals surface area contributed by atoms with Gasteiger partial charge in [0.25, 0.3) is 0 Å². The zero-order valence-electron chi connectivity index (χ0n) is 65.0. The highest BCUT2D eigenvalue weighted by Gasteiger charge is 2.51. The molecule has 0 radical (unpaired) electrons. The number of carbonyl (C=O) groups is 1. The second kappa shape index (κ2) is 70.0. The van der Waals surface area contributed by atoms with E-state index in [4.69, 9.17) is 18.9 Å². The fourth-order valence-corrected chi connectivity index (χ4v) is 15.2. The Morgan fingerprint density at radius 3 is 0.859 bits per heavy atom. The van der Waals surface area contributed by atoms with Gasteiger partial charge in [-0.1, -0.05) is 425 Å². The molecule has 0 aromatic heterocycles. The average molecular weight is 1410 g/mol. The van der Waals surface area contributed by atoms with Crippen LogP contribution in [0.25, 0.3) is 0 Å². The second-order valence-electron chi connectivity index (χ2n) is 31.4. The molecule has 0 aliphatic carbocycles. The highest BCUT2D eigenvalue weighted by Crippen LogP contribution is 2.31. The SMILES string of the molecule is CCCCCCCCCCCCCCCCCCCCCCCCCCCCCCCCCCCCCC(=O)NC(COC1OC(CO)C(OC2OC(CO)C(O)C(O)C2O)C(O)C1O)C(O)CCCCCCCCCCCCCCCCCCCCCCCCCCCCCCCC. The van der Waals surface area contributed by atoms with Gasteiger partial charge in [0.2, 0.25) is 5.91 Å². The van der Waals surface area contributed by atoms with Crippen molar-refractivity contribution in [1.29, 1.82) is 0 Å². The lowest BCUT2D eigenvalue weighted by atomic mass is 9.97. The van der Waals surface area contributed by atoms with Gasteiger partial charge in [0.15, 0.2) is 12.6 Å². The maximum atomic E-state index is 13.4. The highest BCUT2D eigenvalue weighted by atomic mass is 16.7. The number of unbranched alkanes of at least 4 members (excludes halogenated alkanes) is 63. The molecule has 2 fully saturated rings. The van der Waals surface area contributed by atoms with Crippen LogP contribution >= 0.6 is 0 Å². The van der Waals surface area contributed by atoms with E-state index in [0.717, 1.165) is 51.4 Å². The molecule has 14 heteroatoms. The summed E-state index contributed by atoms with van der Waals surface area (Å²) in [5, 5.41) is 88.0. The van der Waals surface area contributed by atoms with E-state index in [2.05, 4.69) is 19.2 Å². The number of hydrogen-bond donors (Lipinski definition) is 9. The first kappa shape index (κ1) is 94.1. The summed E-state index contributed by atoms with van der Waals surface area (Å²) < 4.78 is 23.0. The Balaban J connectivity index is 1.56. The van der Waals surface area contributed by atoms with Crippen molar-refractivity contribution in [2.45, 2.75) is 518 Å². The van der Waals surface area contributed by atoms with Gasteiger partial charge in [-0.3, -0.25) is 4.79 Å². The molecule has 2 aliphatic rings. The van der Waals surface area contributed by atoms with Crippen molar-refractivity contribution in [2.75, 3.05) is 19.8 Å². The van der Waals surface area contributed by atoms with Crippen LogP contribution in [0.2, 0.25) is 0 Å². The van der Waals surface area contributed by atoms with Crippen LogP contribution in [0, 0.1) is 0 Å². The van der Waals surface area contributed by atoms with Gasteiger partial charge in [0.1, 0.15) is 48.8 Å². The summed E-state index contributed by atoms with van der Waals surface area (Å²) >= 11 is 0. The van der Waals surface area contributed by atoms with Gasteiger partial charge >= 0.3 is 0 Å². The maximum Gasteiger partial charge on any atom is 0.220 e. The molecular weight excluding hydrogens is 1240 g/mol. The summed E-state index contributed by atoms with van der Waals surface area (Å²) in [5.41, 5.74) is 0. The van der Waals surface area contributed by atoms with Crippen LogP contribution in [0.3, 0.4) is 0 Å². The standard InChI is InChI=1S/C85H167NO13/c1-3-5-7-9-11-13-15-17-19-21-23-25-27-29-31-33-35-36-37-38-39-41-43-45-47-49-51-53-55-57-59-61-63-65-67-69-77(90)86-73(72-96-84-82(95)80(93)83(76(71-88)98-84)99-85-81(94)79(92)78(91)75(70-87)97-85)74(89)68-66-64-62-60-58-56-54-52-50-48-46-44-42-40-34-32-30-28-26-24-22-20-18-16-14-12-10-8-6-4-2/h73-76,78-85,87-89,91-95H,3-72H2,1-2H3,(H,86,90). The predicted molar refractivity (Wildman–Crippen MR) is 411 cm³/mol. The largest absolute Gasteiger partial charge is 0.394 e. The van der Waals surface area contributed by atoms with Crippen molar-refractivity contribution in [2.24, 2.45) is 0 Å². The Morgan fingerprint density at radius 1 is 0.323 bits per heavy atom. The molecule has 0 spiro atoms. The number of ether oxygens (including phenoxy) is 4. The Bertz CT molecular complexity index is 1660.